The molecule has 41 heavy (non-hydrogen) atoms. The van der Waals surface area contributed by atoms with Crippen molar-refractivity contribution in [3.8, 4) is 0 Å². The topological polar surface area (TPSA) is 118 Å². The van der Waals surface area contributed by atoms with Crippen LogP contribution in [0.3, 0.4) is 0 Å². The molecule has 0 aliphatic carbocycles. The number of rotatable bonds is 4. The molecule has 7 nitrogen and oxygen atoms in total. The van der Waals surface area contributed by atoms with Gasteiger partial charge in [0.15, 0.2) is 0 Å². The lowest BCUT2D eigenvalue weighted by molar-refractivity contribution is 0.0400. The quantitative estimate of drug-likeness (QED) is 0.136. The number of aryl methyl sites for hydroxylation is 2. The fraction of sp³-hybridized carbons (Fsp3) is 0.0588. The minimum Gasteiger partial charge on any atom is -0.478 e. The van der Waals surface area contributed by atoms with Crippen LogP contribution in [0.5, 0.6) is 0 Å². The van der Waals surface area contributed by atoms with Gasteiger partial charge in [0, 0.05) is 10.8 Å². The predicted molar refractivity (Wildman–Crippen MR) is 156 cm³/mol. The second kappa shape index (κ2) is 9.57. The van der Waals surface area contributed by atoms with Gasteiger partial charge in [-0.2, -0.15) is 0 Å². The molecule has 6 aromatic carbocycles. The van der Waals surface area contributed by atoms with Crippen molar-refractivity contribution >= 4 is 67.0 Å². The molecule has 7 heteroatoms. The first-order valence-corrected chi connectivity index (χ1v) is 12.8. The molecule has 0 atom stereocenters. The maximum absolute atomic E-state index is 13.5. The Balaban J connectivity index is 1.54. The van der Waals surface area contributed by atoms with Crippen molar-refractivity contribution in [2.24, 2.45) is 0 Å². The van der Waals surface area contributed by atoms with Gasteiger partial charge < -0.3 is 14.9 Å². The molecule has 6 rings (SSSR count). The van der Waals surface area contributed by atoms with E-state index in [1.807, 2.05) is 48.5 Å². The van der Waals surface area contributed by atoms with Crippen LogP contribution in [-0.4, -0.2) is 34.1 Å². The second-order valence-electron chi connectivity index (χ2n) is 9.83. The molecular formula is C34H22O7. The molecule has 6 aromatic rings. The molecule has 0 heterocycles. The lowest BCUT2D eigenvalue weighted by atomic mass is 9.89. The van der Waals surface area contributed by atoms with E-state index in [0.717, 1.165) is 21.5 Å². The number of benzene rings is 6. The van der Waals surface area contributed by atoms with Crippen molar-refractivity contribution < 1.29 is 34.1 Å². The van der Waals surface area contributed by atoms with Gasteiger partial charge in [0.25, 0.3) is 0 Å². The largest absolute Gasteiger partial charge is 0.478 e. The van der Waals surface area contributed by atoms with Crippen LogP contribution in [0.2, 0.25) is 0 Å². The highest BCUT2D eigenvalue weighted by Gasteiger charge is 2.27. The van der Waals surface area contributed by atoms with Crippen LogP contribution in [0.1, 0.15) is 52.6 Å². The number of carboxylic acid groups (broad SMARTS) is 2. The van der Waals surface area contributed by atoms with E-state index < -0.39 is 23.9 Å². The standard InChI is InChI=1S/C34H22O7/c1-17-19-9-3-5-11-21(19)23-13-7-15-25(29(23)27(17)31(35)36)33(39)41-34(40)26-16-8-14-24-22-12-6-4-10-20(22)18(2)28(30(24)26)32(37)38/h3-16H,1-2H3,(H,35,36)(H,37,38). The van der Waals surface area contributed by atoms with Gasteiger partial charge >= 0.3 is 23.9 Å². The average molecular weight is 543 g/mol. The molecule has 200 valence electrons. The Hall–Kier alpha value is -5.56. The number of fused-ring (bicyclic) bond motifs is 6. The zero-order valence-electron chi connectivity index (χ0n) is 22.0. The number of esters is 2. The van der Waals surface area contributed by atoms with Gasteiger partial charge in [-0.05, 0) is 69.4 Å². The molecule has 0 aliphatic rings. The van der Waals surface area contributed by atoms with E-state index in [1.165, 1.54) is 12.1 Å². The van der Waals surface area contributed by atoms with E-state index in [2.05, 4.69) is 0 Å². The van der Waals surface area contributed by atoms with Crippen molar-refractivity contribution in [3.05, 3.63) is 118 Å². The van der Waals surface area contributed by atoms with Gasteiger partial charge in [0.2, 0.25) is 0 Å². The van der Waals surface area contributed by atoms with Crippen LogP contribution in [0.15, 0.2) is 84.9 Å². The fourth-order valence-electron chi connectivity index (χ4n) is 5.90. The summed E-state index contributed by atoms with van der Waals surface area (Å²) in [7, 11) is 0. The Morgan fingerprint density at radius 2 is 0.829 bits per heavy atom. The predicted octanol–water partition coefficient (Wildman–Crippen LogP) is 7.31. The molecule has 0 fully saturated rings. The van der Waals surface area contributed by atoms with Crippen molar-refractivity contribution in [3.63, 3.8) is 0 Å². The molecular weight excluding hydrogens is 520 g/mol. The molecule has 0 aliphatic heterocycles. The molecule has 0 radical (unpaired) electrons. The van der Waals surface area contributed by atoms with Gasteiger partial charge in [-0.1, -0.05) is 72.8 Å². The van der Waals surface area contributed by atoms with Crippen molar-refractivity contribution in [2.75, 3.05) is 0 Å². The average Bonchev–Trinajstić information content (AvgIpc) is 2.96. The summed E-state index contributed by atoms with van der Waals surface area (Å²) in [6.07, 6.45) is 0. The number of carbonyl (C=O) groups is 4. The molecule has 0 bridgehead atoms. The number of carbonyl (C=O) groups excluding carboxylic acids is 2. The van der Waals surface area contributed by atoms with E-state index in [4.69, 9.17) is 4.74 Å². The molecule has 2 N–H and O–H groups in total. The summed E-state index contributed by atoms with van der Waals surface area (Å²) in [5.41, 5.74) is 0.687. The third-order valence-corrected chi connectivity index (χ3v) is 7.67. The van der Waals surface area contributed by atoms with Gasteiger partial charge in [0.05, 0.1) is 22.3 Å². The normalized spacial score (nSPS) is 11.3. The lowest BCUT2D eigenvalue weighted by Gasteiger charge is -2.16. The molecule has 0 unspecified atom stereocenters. The van der Waals surface area contributed by atoms with Crippen LogP contribution in [0.25, 0.3) is 43.1 Å². The number of aromatic carboxylic acids is 2. The van der Waals surface area contributed by atoms with Gasteiger partial charge in [-0.15, -0.1) is 0 Å². The van der Waals surface area contributed by atoms with Gasteiger partial charge in [-0.25, -0.2) is 19.2 Å². The summed E-state index contributed by atoms with van der Waals surface area (Å²) in [6.45, 7) is 3.35. The van der Waals surface area contributed by atoms with Gasteiger partial charge in [-0.3, -0.25) is 0 Å². The number of ether oxygens (including phenoxy) is 1. The SMILES string of the molecule is Cc1c(C(=O)O)c2c(C(=O)OC(=O)c3cccc4c3c(C(=O)O)c(C)c3ccccc34)cccc2c2ccccc12. The van der Waals surface area contributed by atoms with E-state index >= 15 is 0 Å². The van der Waals surface area contributed by atoms with Crippen LogP contribution in [0, 0.1) is 13.8 Å². The van der Waals surface area contributed by atoms with Crippen LogP contribution < -0.4 is 0 Å². The van der Waals surface area contributed by atoms with Crippen molar-refractivity contribution in [1.29, 1.82) is 0 Å². The van der Waals surface area contributed by atoms with Crippen molar-refractivity contribution in [1.82, 2.24) is 0 Å². The summed E-state index contributed by atoms with van der Waals surface area (Å²) >= 11 is 0. The Kier molecular flexibility index (Phi) is 6.00. The Morgan fingerprint density at radius 1 is 0.488 bits per heavy atom. The fourth-order valence-corrected chi connectivity index (χ4v) is 5.90. The highest BCUT2D eigenvalue weighted by Crippen LogP contribution is 2.37. The molecule has 0 saturated heterocycles. The summed E-state index contributed by atoms with van der Waals surface area (Å²) in [6, 6.07) is 24.1. The van der Waals surface area contributed by atoms with Gasteiger partial charge in [0.1, 0.15) is 0 Å². The van der Waals surface area contributed by atoms with E-state index in [-0.39, 0.29) is 33.0 Å². The summed E-state index contributed by atoms with van der Waals surface area (Å²) in [5, 5.41) is 24.6. The highest BCUT2D eigenvalue weighted by atomic mass is 16.6. The Labute approximate surface area is 233 Å². The lowest BCUT2D eigenvalue weighted by Crippen LogP contribution is -2.16. The molecule has 0 spiro atoms. The Bertz CT molecular complexity index is 1990. The zero-order valence-corrected chi connectivity index (χ0v) is 22.0. The first-order chi connectivity index (χ1) is 19.7. The van der Waals surface area contributed by atoms with E-state index in [9.17, 15) is 29.4 Å². The van der Waals surface area contributed by atoms with Crippen LogP contribution >= 0.6 is 0 Å². The summed E-state index contributed by atoms with van der Waals surface area (Å²) in [5.74, 6) is -4.51. The van der Waals surface area contributed by atoms with Crippen molar-refractivity contribution in [2.45, 2.75) is 13.8 Å². The first kappa shape index (κ1) is 25.7. The number of carboxylic acids is 2. The highest BCUT2D eigenvalue weighted by molar-refractivity contribution is 6.25. The Morgan fingerprint density at radius 3 is 1.20 bits per heavy atom. The number of hydrogen-bond acceptors (Lipinski definition) is 5. The second-order valence-corrected chi connectivity index (χ2v) is 9.83. The maximum Gasteiger partial charge on any atom is 0.346 e. The smallest absolute Gasteiger partial charge is 0.346 e. The minimum atomic E-state index is -1.22. The monoisotopic (exact) mass is 542 g/mol. The zero-order chi connectivity index (χ0) is 29.0. The first-order valence-electron chi connectivity index (χ1n) is 12.8. The minimum absolute atomic E-state index is 0.0564. The summed E-state index contributed by atoms with van der Waals surface area (Å²) in [4.78, 5) is 51.9. The van der Waals surface area contributed by atoms with Crippen LogP contribution in [-0.2, 0) is 4.74 Å². The molecule has 0 saturated carbocycles. The van der Waals surface area contributed by atoms with Crippen LogP contribution in [0.4, 0.5) is 0 Å². The van der Waals surface area contributed by atoms with E-state index in [0.29, 0.717) is 21.9 Å². The molecule has 0 aromatic heterocycles. The maximum atomic E-state index is 13.5. The third kappa shape index (κ3) is 3.90. The van der Waals surface area contributed by atoms with E-state index in [1.54, 1.807) is 38.1 Å². The number of hydrogen-bond donors (Lipinski definition) is 2. The third-order valence-electron chi connectivity index (χ3n) is 7.67. The summed E-state index contributed by atoms with van der Waals surface area (Å²) < 4.78 is 5.35. The molecule has 0 amide bonds.